The third-order valence-corrected chi connectivity index (χ3v) is 3.21. The molecule has 1 atom stereocenters. The van der Waals surface area contributed by atoms with Crippen molar-refractivity contribution < 1.29 is 9.53 Å². The van der Waals surface area contributed by atoms with E-state index in [4.69, 9.17) is 10.5 Å². The Bertz CT molecular complexity index is 567. The first-order valence-corrected chi connectivity index (χ1v) is 6.92. The van der Waals surface area contributed by atoms with Gasteiger partial charge < -0.3 is 15.8 Å². The molecule has 21 heavy (non-hydrogen) atoms. The van der Waals surface area contributed by atoms with Crippen molar-refractivity contribution in [2.75, 3.05) is 7.05 Å². The van der Waals surface area contributed by atoms with Crippen LogP contribution in [0.4, 0.5) is 0 Å². The van der Waals surface area contributed by atoms with Gasteiger partial charge >= 0.3 is 0 Å². The minimum absolute atomic E-state index is 0.153. The highest BCUT2D eigenvalue weighted by Gasteiger charge is 2.11. The molecule has 4 nitrogen and oxygen atoms in total. The van der Waals surface area contributed by atoms with Gasteiger partial charge in [-0.1, -0.05) is 42.5 Å². The lowest BCUT2D eigenvalue weighted by Gasteiger charge is -2.11. The van der Waals surface area contributed by atoms with Crippen LogP contribution in [0.3, 0.4) is 0 Å². The summed E-state index contributed by atoms with van der Waals surface area (Å²) in [6.45, 7) is 0.540. The van der Waals surface area contributed by atoms with Crippen molar-refractivity contribution in [1.29, 1.82) is 0 Å². The summed E-state index contributed by atoms with van der Waals surface area (Å²) in [7, 11) is 1.59. The first-order valence-electron chi connectivity index (χ1n) is 6.92. The van der Waals surface area contributed by atoms with Crippen molar-refractivity contribution in [3.05, 3.63) is 65.7 Å². The molecule has 0 heterocycles. The number of hydrogen-bond acceptors (Lipinski definition) is 3. The average Bonchev–Trinajstić information content (AvgIpc) is 2.54. The molecule has 0 bridgehead atoms. The predicted molar refractivity (Wildman–Crippen MR) is 83.0 cm³/mol. The topological polar surface area (TPSA) is 64.4 Å². The standard InChI is InChI=1S/C17H20N2O2/c1-19-17(20)16(18)11-13-7-9-15(10-8-13)21-12-14-5-3-2-4-6-14/h2-10,16H,11-12,18H2,1H3,(H,19,20). The van der Waals surface area contributed by atoms with Crippen LogP contribution < -0.4 is 15.8 Å². The number of amides is 1. The number of nitrogens with one attached hydrogen (secondary N) is 1. The van der Waals surface area contributed by atoms with Crippen LogP contribution in [0, 0.1) is 0 Å². The molecule has 0 spiro atoms. The van der Waals surface area contributed by atoms with E-state index in [9.17, 15) is 4.79 Å². The Morgan fingerprint density at radius 2 is 1.76 bits per heavy atom. The number of likely N-dealkylation sites (N-methyl/N-ethyl adjacent to an activating group) is 1. The Morgan fingerprint density at radius 3 is 2.38 bits per heavy atom. The van der Waals surface area contributed by atoms with Gasteiger partial charge in [0.2, 0.25) is 5.91 Å². The Kier molecular flexibility index (Phi) is 5.35. The van der Waals surface area contributed by atoms with E-state index in [2.05, 4.69) is 5.32 Å². The van der Waals surface area contributed by atoms with E-state index in [1.807, 2.05) is 54.6 Å². The second kappa shape index (κ2) is 7.45. The lowest BCUT2D eigenvalue weighted by molar-refractivity contribution is -0.121. The Balaban J connectivity index is 1.88. The molecule has 0 aromatic heterocycles. The van der Waals surface area contributed by atoms with Crippen LogP contribution in [-0.2, 0) is 17.8 Å². The lowest BCUT2D eigenvalue weighted by Crippen LogP contribution is -2.40. The molecule has 0 aliphatic carbocycles. The van der Waals surface area contributed by atoms with Gasteiger partial charge in [0.15, 0.2) is 0 Å². The summed E-state index contributed by atoms with van der Waals surface area (Å²) in [5.41, 5.74) is 7.93. The molecule has 1 unspecified atom stereocenters. The number of hydrogen-bond donors (Lipinski definition) is 2. The molecule has 0 aliphatic rings. The van der Waals surface area contributed by atoms with Gasteiger partial charge in [-0.3, -0.25) is 4.79 Å². The minimum atomic E-state index is -0.522. The van der Waals surface area contributed by atoms with Gasteiger partial charge in [0, 0.05) is 7.05 Å². The van der Waals surface area contributed by atoms with E-state index >= 15 is 0 Å². The number of rotatable bonds is 6. The number of nitrogens with two attached hydrogens (primary N) is 1. The van der Waals surface area contributed by atoms with Crippen molar-refractivity contribution in [2.45, 2.75) is 19.1 Å². The minimum Gasteiger partial charge on any atom is -0.489 e. The third kappa shape index (κ3) is 4.61. The molecule has 0 fully saturated rings. The van der Waals surface area contributed by atoms with Gasteiger partial charge in [-0.25, -0.2) is 0 Å². The summed E-state index contributed by atoms with van der Waals surface area (Å²) in [6.07, 6.45) is 0.513. The Hall–Kier alpha value is -2.33. The van der Waals surface area contributed by atoms with Gasteiger partial charge in [-0.05, 0) is 29.7 Å². The summed E-state index contributed by atoms with van der Waals surface area (Å²) in [4.78, 5) is 11.4. The molecule has 110 valence electrons. The second-order valence-electron chi connectivity index (χ2n) is 4.84. The summed E-state index contributed by atoms with van der Waals surface area (Å²) in [5, 5.41) is 2.55. The third-order valence-electron chi connectivity index (χ3n) is 3.21. The molecule has 0 radical (unpaired) electrons. The fraction of sp³-hybridized carbons (Fsp3) is 0.235. The normalized spacial score (nSPS) is 11.7. The van der Waals surface area contributed by atoms with Crippen molar-refractivity contribution >= 4 is 5.91 Å². The zero-order valence-corrected chi connectivity index (χ0v) is 12.1. The van der Waals surface area contributed by atoms with E-state index in [0.29, 0.717) is 13.0 Å². The smallest absolute Gasteiger partial charge is 0.237 e. The maximum absolute atomic E-state index is 11.4. The molecule has 3 N–H and O–H groups in total. The van der Waals surface area contributed by atoms with Crippen LogP contribution in [0.2, 0.25) is 0 Å². The van der Waals surface area contributed by atoms with Crippen molar-refractivity contribution in [1.82, 2.24) is 5.32 Å². The largest absolute Gasteiger partial charge is 0.489 e. The van der Waals surface area contributed by atoms with E-state index in [1.165, 1.54) is 0 Å². The van der Waals surface area contributed by atoms with Crippen LogP contribution in [0.1, 0.15) is 11.1 Å². The fourth-order valence-corrected chi connectivity index (χ4v) is 1.99. The molecule has 2 aromatic rings. The monoisotopic (exact) mass is 284 g/mol. The van der Waals surface area contributed by atoms with Crippen LogP contribution in [-0.4, -0.2) is 19.0 Å². The maximum atomic E-state index is 11.4. The van der Waals surface area contributed by atoms with Gasteiger partial charge in [0.1, 0.15) is 12.4 Å². The molecule has 2 rings (SSSR count). The fourth-order valence-electron chi connectivity index (χ4n) is 1.99. The van der Waals surface area contributed by atoms with Crippen LogP contribution in [0.25, 0.3) is 0 Å². The second-order valence-corrected chi connectivity index (χ2v) is 4.84. The zero-order valence-electron chi connectivity index (χ0n) is 12.1. The number of carbonyl (C=O) groups is 1. The van der Waals surface area contributed by atoms with Gasteiger partial charge in [-0.15, -0.1) is 0 Å². The Morgan fingerprint density at radius 1 is 1.10 bits per heavy atom. The highest BCUT2D eigenvalue weighted by molar-refractivity contribution is 5.81. The van der Waals surface area contributed by atoms with Crippen molar-refractivity contribution in [3.63, 3.8) is 0 Å². The average molecular weight is 284 g/mol. The lowest BCUT2D eigenvalue weighted by atomic mass is 10.1. The van der Waals surface area contributed by atoms with Crippen LogP contribution in [0.5, 0.6) is 5.75 Å². The van der Waals surface area contributed by atoms with E-state index in [1.54, 1.807) is 7.05 Å². The molecular formula is C17H20N2O2. The van der Waals surface area contributed by atoms with Gasteiger partial charge in [-0.2, -0.15) is 0 Å². The predicted octanol–water partition coefficient (Wildman–Crippen LogP) is 1.88. The Labute approximate surface area is 124 Å². The van der Waals surface area contributed by atoms with Crippen LogP contribution in [0.15, 0.2) is 54.6 Å². The highest BCUT2D eigenvalue weighted by Crippen LogP contribution is 2.15. The summed E-state index contributed by atoms with van der Waals surface area (Å²) in [5.74, 6) is 0.649. The molecule has 0 aliphatic heterocycles. The van der Waals surface area contributed by atoms with E-state index in [-0.39, 0.29) is 5.91 Å². The number of ether oxygens (including phenoxy) is 1. The summed E-state index contributed by atoms with van der Waals surface area (Å²) < 4.78 is 5.71. The van der Waals surface area contributed by atoms with Crippen molar-refractivity contribution in [3.8, 4) is 5.75 Å². The number of carbonyl (C=O) groups excluding carboxylic acids is 1. The molecule has 1 amide bonds. The van der Waals surface area contributed by atoms with E-state index in [0.717, 1.165) is 16.9 Å². The summed E-state index contributed by atoms with van der Waals surface area (Å²) >= 11 is 0. The maximum Gasteiger partial charge on any atom is 0.237 e. The van der Waals surface area contributed by atoms with Crippen molar-refractivity contribution in [2.24, 2.45) is 5.73 Å². The number of benzene rings is 2. The quantitative estimate of drug-likeness (QED) is 0.851. The molecule has 0 saturated carbocycles. The van der Waals surface area contributed by atoms with Crippen LogP contribution >= 0.6 is 0 Å². The SMILES string of the molecule is CNC(=O)C(N)Cc1ccc(OCc2ccccc2)cc1. The highest BCUT2D eigenvalue weighted by atomic mass is 16.5. The molecule has 4 heteroatoms. The molecule has 2 aromatic carbocycles. The first-order chi connectivity index (χ1) is 10.2. The van der Waals surface area contributed by atoms with Gasteiger partial charge in [0.25, 0.3) is 0 Å². The van der Waals surface area contributed by atoms with Gasteiger partial charge in [0.05, 0.1) is 6.04 Å². The molecule has 0 saturated heterocycles. The zero-order chi connectivity index (χ0) is 15.1. The molecular weight excluding hydrogens is 264 g/mol. The first kappa shape index (κ1) is 15.1. The summed E-state index contributed by atoms with van der Waals surface area (Å²) in [6, 6.07) is 17.1. The van der Waals surface area contributed by atoms with E-state index < -0.39 is 6.04 Å².